The van der Waals surface area contributed by atoms with Gasteiger partial charge in [-0.3, -0.25) is 9.48 Å². The summed E-state index contributed by atoms with van der Waals surface area (Å²) in [6.07, 6.45) is 0. The Hall–Kier alpha value is -1.55. The summed E-state index contributed by atoms with van der Waals surface area (Å²) in [5.41, 5.74) is 1.73. The van der Waals surface area contributed by atoms with Crippen molar-refractivity contribution in [3.05, 3.63) is 47.7 Å². The lowest BCUT2D eigenvalue weighted by atomic mass is 10.1. The minimum absolute atomic E-state index is 0.109. The Morgan fingerprint density at radius 3 is 2.56 bits per heavy atom. The number of ketones is 1. The molecule has 1 aromatic heterocycles. The molecule has 18 heavy (non-hydrogen) atoms. The molecule has 1 heterocycles. The van der Waals surface area contributed by atoms with Gasteiger partial charge in [-0.25, -0.2) is 0 Å². The maximum Gasteiger partial charge on any atom is 0.175 e. The van der Waals surface area contributed by atoms with Crippen LogP contribution in [-0.2, 0) is 7.05 Å². The van der Waals surface area contributed by atoms with Crippen molar-refractivity contribution in [2.24, 2.45) is 7.05 Å². The number of Topliss-reactive ketones (excluding diaryl/α,β-unsaturated/α-hetero) is 1. The summed E-state index contributed by atoms with van der Waals surface area (Å²) >= 11 is 1.54. The summed E-state index contributed by atoms with van der Waals surface area (Å²) in [5, 5.41) is 5.19. The molecule has 0 saturated heterocycles. The van der Waals surface area contributed by atoms with Crippen LogP contribution in [0.1, 0.15) is 23.0 Å². The van der Waals surface area contributed by atoms with Crippen molar-refractivity contribution in [3.8, 4) is 0 Å². The van der Waals surface area contributed by atoms with E-state index < -0.39 is 0 Å². The van der Waals surface area contributed by atoms with E-state index in [0.717, 1.165) is 16.3 Å². The van der Waals surface area contributed by atoms with Crippen molar-refractivity contribution in [1.82, 2.24) is 9.78 Å². The molecule has 0 aliphatic rings. The summed E-state index contributed by atoms with van der Waals surface area (Å²) in [6.45, 7) is 3.88. The fraction of sp³-hybridized carbons (Fsp3) is 0.286. The summed E-state index contributed by atoms with van der Waals surface area (Å²) in [7, 11) is 1.90. The van der Waals surface area contributed by atoms with E-state index in [2.05, 4.69) is 5.10 Å². The average Bonchev–Trinajstić information content (AvgIpc) is 2.68. The third-order valence-corrected chi connectivity index (χ3v) is 3.88. The van der Waals surface area contributed by atoms with E-state index in [9.17, 15) is 4.79 Å². The molecule has 2 aromatic rings. The second-order valence-electron chi connectivity index (χ2n) is 4.24. The van der Waals surface area contributed by atoms with Gasteiger partial charge in [0.15, 0.2) is 5.78 Å². The fourth-order valence-corrected chi connectivity index (χ4v) is 2.81. The van der Waals surface area contributed by atoms with Gasteiger partial charge in [0.1, 0.15) is 0 Å². The zero-order valence-corrected chi connectivity index (χ0v) is 11.6. The largest absolute Gasteiger partial charge is 0.293 e. The maximum absolute atomic E-state index is 12.2. The van der Waals surface area contributed by atoms with Crippen molar-refractivity contribution in [2.45, 2.75) is 24.1 Å². The Balaban J connectivity index is 2.11. The number of thioether (sulfide) groups is 1. The summed E-state index contributed by atoms with van der Waals surface area (Å²) in [6, 6.07) is 11.4. The highest BCUT2D eigenvalue weighted by molar-refractivity contribution is 8.00. The van der Waals surface area contributed by atoms with Gasteiger partial charge in [0, 0.05) is 12.6 Å². The molecule has 94 valence electrons. The third kappa shape index (κ3) is 2.82. The number of aryl methyl sites for hydroxylation is 2. The van der Waals surface area contributed by atoms with Gasteiger partial charge >= 0.3 is 0 Å². The molecular weight excluding hydrogens is 244 g/mol. The number of benzene rings is 1. The molecule has 0 bridgehead atoms. The Bertz CT molecular complexity index is 548. The van der Waals surface area contributed by atoms with Crippen LogP contribution in [0.15, 0.2) is 41.4 Å². The number of carbonyl (C=O) groups is 1. The molecule has 1 aromatic carbocycles. The maximum atomic E-state index is 12.2. The zero-order chi connectivity index (χ0) is 13.1. The van der Waals surface area contributed by atoms with Crippen LogP contribution < -0.4 is 0 Å². The monoisotopic (exact) mass is 260 g/mol. The van der Waals surface area contributed by atoms with Crippen LogP contribution in [0.4, 0.5) is 0 Å². The van der Waals surface area contributed by atoms with Crippen molar-refractivity contribution in [1.29, 1.82) is 0 Å². The van der Waals surface area contributed by atoms with E-state index in [1.165, 1.54) is 0 Å². The van der Waals surface area contributed by atoms with Gasteiger partial charge in [0.2, 0.25) is 0 Å². The normalized spacial score (nSPS) is 12.4. The predicted molar refractivity (Wildman–Crippen MR) is 74.0 cm³/mol. The predicted octanol–water partition coefficient (Wildman–Crippen LogP) is 3.09. The van der Waals surface area contributed by atoms with Crippen LogP contribution >= 0.6 is 11.8 Å². The molecule has 0 spiro atoms. The van der Waals surface area contributed by atoms with Crippen molar-refractivity contribution in [3.63, 3.8) is 0 Å². The Labute approximate surface area is 111 Å². The van der Waals surface area contributed by atoms with Crippen molar-refractivity contribution in [2.75, 3.05) is 0 Å². The molecule has 3 nitrogen and oxygen atoms in total. The van der Waals surface area contributed by atoms with Gasteiger partial charge in [0.25, 0.3) is 0 Å². The zero-order valence-electron chi connectivity index (χ0n) is 10.8. The van der Waals surface area contributed by atoms with Gasteiger partial charge in [-0.15, -0.1) is 0 Å². The standard InChI is InChI=1S/C14H16N2OS/c1-10-9-13(16(3)15-10)18-11(2)14(17)12-7-5-4-6-8-12/h4-9,11H,1-3H3. The van der Waals surface area contributed by atoms with Crippen LogP contribution in [0.25, 0.3) is 0 Å². The van der Waals surface area contributed by atoms with E-state index in [-0.39, 0.29) is 11.0 Å². The van der Waals surface area contributed by atoms with E-state index in [4.69, 9.17) is 0 Å². The van der Waals surface area contributed by atoms with Crippen LogP contribution in [0.5, 0.6) is 0 Å². The molecule has 0 fully saturated rings. The minimum Gasteiger partial charge on any atom is -0.293 e. The second-order valence-corrected chi connectivity index (χ2v) is 5.60. The molecule has 1 unspecified atom stereocenters. The first-order valence-electron chi connectivity index (χ1n) is 5.84. The minimum atomic E-state index is -0.109. The van der Waals surface area contributed by atoms with E-state index in [0.29, 0.717) is 0 Å². The van der Waals surface area contributed by atoms with Crippen molar-refractivity contribution < 1.29 is 4.79 Å². The highest BCUT2D eigenvalue weighted by Crippen LogP contribution is 2.25. The molecule has 0 aliphatic carbocycles. The van der Waals surface area contributed by atoms with Crippen LogP contribution in [0.2, 0.25) is 0 Å². The highest BCUT2D eigenvalue weighted by Gasteiger charge is 2.17. The van der Waals surface area contributed by atoms with E-state index in [1.807, 2.05) is 62.0 Å². The smallest absolute Gasteiger partial charge is 0.175 e. The van der Waals surface area contributed by atoms with Crippen molar-refractivity contribution >= 4 is 17.5 Å². The van der Waals surface area contributed by atoms with Gasteiger partial charge in [-0.2, -0.15) is 5.10 Å². The van der Waals surface area contributed by atoms with Crippen LogP contribution in [0.3, 0.4) is 0 Å². The summed E-state index contributed by atoms with van der Waals surface area (Å²) in [5.74, 6) is 0.152. The Kier molecular flexibility index (Phi) is 3.87. The molecule has 0 amide bonds. The number of hydrogen-bond donors (Lipinski definition) is 0. The number of rotatable bonds is 4. The molecule has 2 rings (SSSR count). The van der Waals surface area contributed by atoms with Gasteiger partial charge in [-0.05, 0) is 19.9 Å². The first kappa shape index (κ1) is 12.9. The SMILES string of the molecule is Cc1cc(SC(C)C(=O)c2ccccc2)n(C)n1. The molecule has 0 aliphatic heterocycles. The van der Waals surface area contributed by atoms with E-state index >= 15 is 0 Å². The molecule has 4 heteroatoms. The van der Waals surface area contributed by atoms with Crippen LogP contribution in [0, 0.1) is 6.92 Å². The first-order chi connectivity index (χ1) is 8.58. The third-order valence-electron chi connectivity index (χ3n) is 2.68. The summed E-state index contributed by atoms with van der Waals surface area (Å²) < 4.78 is 1.81. The van der Waals surface area contributed by atoms with Gasteiger partial charge < -0.3 is 0 Å². The Morgan fingerprint density at radius 1 is 1.33 bits per heavy atom. The Morgan fingerprint density at radius 2 is 2.00 bits per heavy atom. The molecule has 1 atom stereocenters. The van der Waals surface area contributed by atoms with E-state index in [1.54, 1.807) is 11.8 Å². The van der Waals surface area contributed by atoms with Gasteiger partial charge in [0.05, 0.1) is 16.0 Å². The number of nitrogens with zero attached hydrogens (tertiary/aromatic N) is 2. The first-order valence-corrected chi connectivity index (χ1v) is 6.72. The lowest BCUT2D eigenvalue weighted by molar-refractivity contribution is 0.0994. The summed E-state index contributed by atoms with van der Waals surface area (Å²) in [4.78, 5) is 12.2. The number of hydrogen-bond acceptors (Lipinski definition) is 3. The van der Waals surface area contributed by atoms with Gasteiger partial charge in [-0.1, -0.05) is 42.1 Å². The lowest BCUT2D eigenvalue weighted by Crippen LogP contribution is -2.14. The second kappa shape index (κ2) is 5.40. The topological polar surface area (TPSA) is 34.9 Å². The quantitative estimate of drug-likeness (QED) is 0.626. The number of carbonyl (C=O) groups excluding carboxylic acids is 1. The average molecular weight is 260 g/mol. The molecule has 0 radical (unpaired) electrons. The molecular formula is C14H16N2OS. The lowest BCUT2D eigenvalue weighted by Gasteiger charge is -2.10. The fourth-order valence-electron chi connectivity index (χ4n) is 1.77. The number of aromatic nitrogens is 2. The molecule has 0 saturated carbocycles. The highest BCUT2D eigenvalue weighted by atomic mass is 32.2. The molecule has 0 N–H and O–H groups in total. The van der Waals surface area contributed by atoms with Crippen LogP contribution in [-0.4, -0.2) is 20.8 Å².